The van der Waals surface area contributed by atoms with Gasteiger partial charge in [-0.1, -0.05) is 35.9 Å². The molecular formula is C21H24N2O6S. The molecule has 1 aliphatic rings. The maximum absolute atomic E-state index is 12.6. The lowest BCUT2D eigenvalue weighted by molar-refractivity contribution is -0.161. The van der Waals surface area contributed by atoms with Crippen LogP contribution in [0.3, 0.4) is 0 Å². The third-order valence-corrected chi connectivity index (χ3v) is 5.88. The fraction of sp³-hybridized carbons (Fsp3) is 0.333. The first-order chi connectivity index (χ1) is 14.3. The highest BCUT2D eigenvalue weighted by Crippen LogP contribution is 2.22. The molecule has 1 N–H and O–H groups in total. The summed E-state index contributed by atoms with van der Waals surface area (Å²) < 4.78 is 41.7. The van der Waals surface area contributed by atoms with Crippen molar-refractivity contribution in [1.82, 2.24) is 4.83 Å². The maximum atomic E-state index is 12.6. The van der Waals surface area contributed by atoms with Crippen molar-refractivity contribution in [3.05, 3.63) is 65.7 Å². The molecule has 30 heavy (non-hydrogen) atoms. The van der Waals surface area contributed by atoms with Gasteiger partial charge in [-0.3, -0.25) is 0 Å². The summed E-state index contributed by atoms with van der Waals surface area (Å²) in [6.45, 7) is 3.55. The molecule has 3 atom stereocenters. The molecule has 2 aromatic carbocycles. The number of hydrogen-bond donors (Lipinski definition) is 1. The van der Waals surface area contributed by atoms with E-state index in [1.165, 1.54) is 19.2 Å². The average molecular weight is 432 g/mol. The summed E-state index contributed by atoms with van der Waals surface area (Å²) in [7, 11) is -2.41. The summed E-state index contributed by atoms with van der Waals surface area (Å²) in [6, 6.07) is 14.9. The third kappa shape index (κ3) is 5.24. The molecule has 1 heterocycles. The molecule has 1 fully saturated rings. The quantitative estimate of drug-likeness (QED) is 0.556. The van der Waals surface area contributed by atoms with E-state index in [2.05, 4.69) is 9.93 Å². The van der Waals surface area contributed by atoms with Gasteiger partial charge in [0.2, 0.25) is 0 Å². The van der Waals surface area contributed by atoms with Crippen LogP contribution in [0, 0.1) is 6.92 Å². The molecule has 160 valence electrons. The van der Waals surface area contributed by atoms with Crippen LogP contribution >= 0.6 is 0 Å². The molecule has 0 aromatic heterocycles. The van der Waals surface area contributed by atoms with Gasteiger partial charge in [-0.25, -0.2) is 4.79 Å². The van der Waals surface area contributed by atoms with Gasteiger partial charge < -0.3 is 14.2 Å². The molecule has 1 saturated heterocycles. The first kappa shape index (κ1) is 21.9. The zero-order valence-corrected chi connectivity index (χ0v) is 17.8. The average Bonchev–Trinajstić information content (AvgIpc) is 2.73. The number of hydrogen-bond acceptors (Lipinski definition) is 7. The second kappa shape index (κ2) is 9.38. The van der Waals surface area contributed by atoms with Crippen LogP contribution in [0.2, 0.25) is 0 Å². The van der Waals surface area contributed by atoms with Gasteiger partial charge in [0.05, 0.1) is 10.5 Å². The predicted octanol–water partition coefficient (Wildman–Crippen LogP) is 2.64. The molecule has 0 saturated carbocycles. The van der Waals surface area contributed by atoms with E-state index in [4.69, 9.17) is 14.2 Å². The molecule has 0 spiro atoms. The van der Waals surface area contributed by atoms with Gasteiger partial charge >= 0.3 is 5.97 Å². The van der Waals surface area contributed by atoms with Crippen LogP contribution in [0.1, 0.15) is 29.3 Å². The number of rotatable bonds is 6. The molecule has 1 aliphatic heterocycles. The van der Waals surface area contributed by atoms with E-state index < -0.39 is 34.5 Å². The third-order valence-electron chi connectivity index (χ3n) is 4.66. The Morgan fingerprint density at radius 1 is 1.13 bits per heavy atom. The summed E-state index contributed by atoms with van der Waals surface area (Å²) in [5.41, 5.74) is 1.57. The summed E-state index contributed by atoms with van der Waals surface area (Å²) in [4.78, 5) is 14.8. The van der Waals surface area contributed by atoms with Crippen molar-refractivity contribution in [3.63, 3.8) is 0 Å². The van der Waals surface area contributed by atoms with Gasteiger partial charge in [-0.15, -0.1) is 0 Å². The number of carbonyl (C=O) groups is 1. The summed E-state index contributed by atoms with van der Waals surface area (Å²) in [6.07, 6.45) is -1.86. The minimum absolute atomic E-state index is 0.0782. The van der Waals surface area contributed by atoms with Gasteiger partial charge in [0.25, 0.3) is 10.0 Å². The van der Waals surface area contributed by atoms with E-state index in [0.29, 0.717) is 5.56 Å². The Hall–Kier alpha value is -2.75. The van der Waals surface area contributed by atoms with Crippen molar-refractivity contribution in [1.29, 1.82) is 0 Å². The second-order valence-corrected chi connectivity index (χ2v) is 8.54. The molecule has 0 aliphatic carbocycles. The first-order valence-corrected chi connectivity index (χ1v) is 10.9. The number of nitrogens with one attached hydrogen (secondary N) is 1. The van der Waals surface area contributed by atoms with Crippen molar-refractivity contribution in [2.75, 3.05) is 7.11 Å². The molecule has 0 amide bonds. The molecule has 3 rings (SSSR count). The van der Waals surface area contributed by atoms with Crippen LogP contribution in [0.15, 0.2) is 64.6 Å². The van der Waals surface area contributed by atoms with Gasteiger partial charge in [0.1, 0.15) is 17.9 Å². The first-order valence-electron chi connectivity index (χ1n) is 9.40. The second-order valence-electron chi connectivity index (χ2n) is 6.88. The molecule has 8 nitrogen and oxygen atoms in total. The number of sulfonamides is 1. The Balaban J connectivity index is 1.83. The molecule has 2 aromatic rings. The number of methoxy groups -OCH3 is 1. The molecule has 9 heteroatoms. The Labute approximate surface area is 175 Å². The van der Waals surface area contributed by atoms with Crippen molar-refractivity contribution >= 4 is 21.7 Å². The number of benzene rings is 2. The van der Waals surface area contributed by atoms with E-state index in [9.17, 15) is 13.2 Å². The van der Waals surface area contributed by atoms with Crippen molar-refractivity contribution < 1.29 is 27.4 Å². The zero-order chi connectivity index (χ0) is 21.7. The van der Waals surface area contributed by atoms with Crippen molar-refractivity contribution in [2.45, 2.75) is 43.7 Å². The Morgan fingerprint density at radius 3 is 2.43 bits per heavy atom. The predicted molar refractivity (Wildman–Crippen MR) is 111 cm³/mol. The van der Waals surface area contributed by atoms with Crippen LogP contribution in [0.5, 0.6) is 0 Å². The van der Waals surface area contributed by atoms with E-state index in [1.807, 2.05) is 6.92 Å². The van der Waals surface area contributed by atoms with Crippen LogP contribution in [0.25, 0.3) is 0 Å². The van der Waals surface area contributed by atoms with E-state index in [-0.39, 0.29) is 17.0 Å². The summed E-state index contributed by atoms with van der Waals surface area (Å²) >= 11 is 0. The van der Waals surface area contributed by atoms with Crippen LogP contribution in [-0.4, -0.2) is 45.7 Å². The van der Waals surface area contributed by atoms with Crippen LogP contribution in [-0.2, 0) is 24.2 Å². The topological polar surface area (TPSA) is 103 Å². The standard InChI is InChI=1S/C21H24N2O6S/c1-14-9-11-17(12-10-14)30(25,26)23-22-20-15(2)28-19(27-3)13-18(20)29-21(24)16-7-5-4-6-8-16/h4-12,15,18-19,23H,13H2,1-3H3/t15-,18+,19+/m1/s1. The van der Waals surface area contributed by atoms with Gasteiger partial charge in [-0.05, 0) is 38.1 Å². The van der Waals surface area contributed by atoms with Crippen molar-refractivity contribution in [2.24, 2.45) is 5.10 Å². The number of esters is 1. The lowest BCUT2D eigenvalue weighted by Crippen LogP contribution is -2.47. The van der Waals surface area contributed by atoms with Crippen LogP contribution in [0.4, 0.5) is 0 Å². The van der Waals surface area contributed by atoms with Gasteiger partial charge in [-0.2, -0.15) is 18.4 Å². The molecule has 0 radical (unpaired) electrons. The highest BCUT2D eigenvalue weighted by atomic mass is 32.2. The number of nitrogens with zero attached hydrogens (tertiary/aromatic N) is 1. The highest BCUT2D eigenvalue weighted by Gasteiger charge is 2.36. The van der Waals surface area contributed by atoms with Gasteiger partial charge in [0, 0.05) is 13.5 Å². The SMILES string of the molecule is CO[C@@H]1C[C@H](OC(=O)c2ccccc2)C(=NNS(=O)(=O)c2ccc(C)cc2)[C@@H](C)O1. The smallest absolute Gasteiger partial charge is 0.338 e. The minimum atomic E-state index is -3.89. The normalized spacial score (nSPS) is 23.2. The Bertz CT molecular complexity index is 1010. The lowest BCUT2D eigenvalue weighted by atomic mass is 10.0. The monoisotopic (exact) mass is 432 g/mol. The number of hydrazone groups is 1. The summed E-state index contributed by atoms with van der Waals surface area (Å²) in [5, 5.41) is 4.05. The maximum Gasteiger partial charge on any atom is 0.338 e. The highest BCUT2D eigenvalue weighted by molar-refractivity contribution is 7.89. The lowest BCUT2D eigenvalue weighted by Gasteiger charge is -2.33. The fourth-order valence-corrected chi connectivity index (χ4v) is 3.81. The Kier molecular flexibility index (Phi) is 6.86. The van der Waals surface area contributed by atoms with E-state index in [1.54, 1.807) is 49.4 Å². The Morgan fingerprint density at radius 2 is 1.80 bits per heavy atom. The zero-order valence-electron chi connectivity index (χ0n) is 16.9. The minimum Gasteiger partial charge on any atom is -0.452 e. The number of aryl methyl sites for hydroxylation is 1. The largest absolute Gasteiger partial charge is 0.452 e. The summed E-state index contributed by atoms with van der Waals surface area (Å²) in [5.74, 6) is -0.543. The number of ether oxygens (including phenoxy) is 3. The van der Waals surface area contributed by atoms with E-state index >= 15 is 0 Å². The van der Waals surface area contributed by atoms with Crippen LogP contribution < -0.4 is 4.83 Å². The van der Waals surface area contributed by atoms with Crippen molar-refractivity contribution in [3.8, 4) is 0 Å². The number of carbonyl (C=O) groups excluding carboxylic acids is 1. The van der Waals surface area contributed by atoms with Gasteiger partial charge in [0.15, 0.2) is 6.29 Å². The molecule has 0 unspecified atom stereocenters. The molecule has 0 bridgehead atoms. The fourth-order valence-electron chi connectivity index (χ4n) is 2.99. The van der Waals surface area contributed by atoms with E-state index in [0.717, 1.165) is 5.56 Å². The molecular weight excluding hydrogens is 408 g/mol.